The number of nitrogens with one attached hydrogen (secondary N) is 2. The van der Waals surface area contributed by atoms with E-state index in [4.69, 9.17) is 4.42 Å². The van der Waals surface area contributed by atoms with E-state index in [0.29, 0.717) is 48.6 Å². The Kier molecular flexibility index (Phi) is 9.80. The zero-order valence-electron chi connectivity index (χ0n) is 27.4. The monoisotopic (exact) mass is 732 g/mol. The van der Waals surface area contributed by atoms with Gasteiger partial charge in [0.15, 0.2) is 0 Å². The number of nitrogens with zero attached hydrogens (tertiary/aromatic N) is 2. The van der Waals surface area contributed by atoms with Gasteiger partial charge in [0.2, 0.25) is 23.6 Å². The molecule has 1 unspecified atom stereocenters. The molecule has 9 nitrogen and oxygen atoms in total. The van der Waals surface area contributed by atoms with Gasteiger partial charge in [0.1, 0.15) is 23.4 Å². The Hall–Kier alpha value is -5.22. The number of fused-ring (bicyclic) bond motifs is 1. The molecule has 10 heteroatoms. The van der Waals surface area contributed by atoms with Gasteiger partial charge in [-0.3, -0.25) is 19.2 Å². The van der Waals surface area contributed by atoms with Crippen LogP contribution in [0.5, 0.6) is 0 Å². The number of benzene rings is 4. The summed E-state index contributed by atoms with van der Waals surface area (Å²) in [7, 11) is 0. The molecule has 4 amide bonds. The van der Waals surface area contributed by atoms with E-state index < -0.39 is 12.1 Å². The fourth-order valence-corrected chi connectivity index (χ4v) is 7.53. The third kappa shape index (κ3) is 7.21. The normalized spacial score (nSPS) is 17.2. The minimum atomic E-state index is -0.518. The highest BCUT2D eigenvalue weighted by atomic mass is 79.9. The maximum absolute atomic E-state index is 13.4. The zero-order chi connectivity index (χ0) is 34.6. The Balaban J connectivity index is 0.991. The van der Waals surface area contributed by atoms with Gasteiger partial charge < -0.3 is 24.9 Å². The van der Waals surface area contributed by atoms with Gasteiger partial charge in [-0.25, -0.2) is 0 Å². The van der Waals surface area contributed by atoms with Gasteiger partial charge in [0.25, 0.3) is 0 Å². The van der Waals surface area contributed by atoms with E-state index in [1.54, 1.807) is 15.9 Å². The molecule has 2 saturated heterocycles. The van der Waals surface area contributed by atoms with Gasteiger partial charge in [-0.2, -0.15) is 0 Å². The molecular weight excluding hydrogens is 696 g/mol. The van der Waals surface area contributed by atoms with Crippen molar-refractivity contribution in [2.45, 2.75) is 50.6 Å². The second kappa shape index (κ2) is 14.7. The number of carbonyl (C=O) groups excluding carboxylic acids is 4. The van der Waals surface area contributed by atoms with Crippen LogP contribution in [0.15, 0.2) is 112 Å². The van der Waals surface area contributed by atoms with E-state index in [0.717, 1.165) is 39.4 Å². The summed E-state index contributed by atoms with van der Waals surface area (Å²) in [6, 6.07) is 31.0. The average Bonchev–Trinajstić information content (AvgIpc) is 3.89. The third-order valence-electron chi connectivity index (χ3n) is 9.46. The van der Waals surface area contributed by atoms with Crippen molar-refractivity contribution in [1.29, 1.82) is 0 Å². The van der Waals surface area contributed by atoms with Crippen molar-refractivity contribution in [1.82, 2.24) is 9.80 Å². The molecule has 4 aromatic carbocycles. The summed E-state index contributed by atoms with van der Waals surface area (Å²) in [5.74, 6) is 0.116. The lowest BCUT2D eigenvalue weighted by molar-refractivity contribution is -0.136. The van der Waals surface area contributed by atoms with Crippen molar-refractivity contribution in [3.63, 3.8) is 0 Å². The Bertz CT molecular complexity index is 2030. The second-order valence-electron chi connectivity index (χ2n) is 12.8. The summed E-state index contributed by atoms with van der Waals surface area (Å²) < 4.78 is 6.93. The minimum absolute atomic E-state index is 0.0453. The summed E-state index contributed by atoms with van der Waals surface area (Å²) in [5.41, 5.74) is 4.54. The Labute approximate surface area is 298 Å². The number of furan rings is 1. The Morgan fingerprint density at radius 2 is 1.16 bits per heavy atom. The van der Waals surface area contributed by atoms with Gasteiger partial charge in [0.05, 0.1) is 17.3 Å². The molecule has 0 aliphatic carbocycles. The number of hydrogen-bond acceptors (Lipinski definition) is 5. The maximum atomic E-state index is 13.4. The van der Waals surface area contributed by atoms with Gasteiger partial charge in [-0.05, 0) is 95.2 Å². The summed E-state index contributed by atoms with van der Waals surface area (Å²) in [4.78, 5) is 56.1. The molecule has 0 radical (unpaired) electrons. The molecule has 0 bridgehead atoms. The van der Waals surface area contributed by atoms with Crippen LogP contribution in [0.2, 0.25) is 0 Å². The van der Waals surface area contributed by atoms with Crippen LogP contribution in [0.3, 0.4) is 0 Å². The SMILES string of the molecule is O=C(Nc1ccc(-c2oc3ccc(NC(=O)[C@@H]4CCCN4C(=O)Cc4ccccc4)cc3c2Br)cc1)C1CCCN1C(=O)Cc1ccccc1. The van der Waals surface area contributed by atoms with Crippen LogP contribution in [0.1, 0.15) is 36.8 Å². The van der Waals surface area contributed by atoms with Crippen molar-refractivity contribution in [2.75, 3.05) is 23.7 Å². The molecule has 3 heterocycles. The van der Waals surface area contributed by atoms with Gasteiger partial charge >= 0.3 is 0 Å². The molecule has 50 heavy (non-hydrogen) atoms. The number of likely N-dealkylation sites (tertiary alicyclic amines) is 2. The highest BCUT2D eigenvalue weighted by Gasteiger charge is 2.35. The van der Waals surface area contributed by atoms with Crippen molar-refractivity contribution in [2.24, 2.45) is 0 Å². The van der Waals surface area contributed by atoms with Crippen LogP contribution in [0.25, 0.3) is 22.3 Å². The number of hydrogen-bond donors (Lipinski definition) is 2. The number of amides is 4. The van der Waals surface area contributed by atoms with Crippen molar-refractivity contribution >= 4 is 61.9 Å². The first-order valence-electron chi connectivity index (χ1n) is 16.9. The van der Waals surface area contributed by atoms with Crippen LogP contribution >= 0.6 is 15.9 Å². The topological polar surface area (TPSA) is 112 Å². The molecule has 2 atom stereocenters. The smallest absolute Gasteiger partial charge is 0.247 e. The van der Waals surface area contributed by atoms with Crippen LogP contribution in [-0.4, -0.2) is 58.6 Å². The Morgan fingerprint density at radius 3 is 1.70 bits per heavy atom. The number of carbonyl (C=O) groups is 4. The molecule has 7 rings (SSSR count). The molecule has 1 aromatic heterocycles. The largest absolute Gasteiger partial charge is 0.455 e. The molecule has 5 aromatic rings. The first kappa shape index (κ1) is 33.3. The number of halogens is 1. The highest BCUT2D eigenvalue weighted by Crippen LogP contribution is 2.39. The molecule has 2 N–H and O–H groups in total. The lowest BCUT2D eigenvalue weighted by Crippen LogP contribution is -2.43. The summed E-state index contributed by atoms with van der Waals surface area (Å²) >= 11 is 3.70. The average molecular weight is 734 g/mol. The van der Waals surface area contributed by atoms with E-state index in [2.05, 4.69) is 26.6 Å². The van der Waals surface area contributed by atoms with Gasteiger partial charge in [-0.1, -0.05) is 60.7 Å². The molecule has 2 fully saturated rings. The van der Waals surface area contributed by atoms with E-state index >= 15 is 0 Å². The van der Waals surface area contributed by atoms with E-state index in [1.165, 1.54) is 0 Å². The third-order valence-corrected chi connectivity index (χ3v) is 10.2. The molecule has 0 saturated carbocycles. The lowest BCUT2D eigenvalue weighted by atomic mass is 10.1. The fraction of sp³-hybridized carbons (Fsp3) is 0.250. The lowest BCUT2D eigenvalue weighted by Gasteiger charge is -2.24. The molecule has 254 valence electrons. The van der Waals surface area contributed by atoms with Crippen LogP contribution in [-0.2, 0) is 32.0 Å². The van der Waals surface area contributed by atoms with E-state index in [9.17, 15) is 19.2 Å². The molecule has 2 aliphatic heterocycles. The predicted molar refractivity (Wildman–Crippen MR) is 196 cm³/mol. The van der Waals surface area contributed by atoms with E-state index in [-0.39, 0.29) is 36.5 Å². The Morgan fingerprint density at radius 1 is 0.660 bits per heavy atom. The first-order valence-corrected chi connectivity index (χ1v) is 17.7. The van der Waals surface area contributed by atoms with E-state index in [1.807, 2.05) is 97.1 Å². The fourth-order valence-electron chi connectivity index (χ4n) is 6.91. The number of anilines is 2. The summed E-state index contributed by atoms with van der Waals surface area (Å²) in [6.45, 7) is 1.14. The highest BCUT2D eigenvalue weighted by molar-refractivity contribution is 9.10. The predicted octanol–water partition coefficient (Wildman–Crippen LogP) is 7.21. The zero-order valence-corrected chi connectivity index (χ0v) is 29.0. The molecular formula is C40H37BrN4O5. The first-order chi connectivity index (χ1) is 24.3. The summed E-state index contributed by atoms with van der Waals surface area (Å²) in [5, 5.41) is 6.79. The number of rotatable bonds is 9. The van der Waals surface area contributed by atoms with Crippen molar-refractivity contribution in [3.05, 3.63) is 119 Å². The van der Waals surface area contributed by atoms with Crippen molar-refractivity contribution in [3.8, 4) is 11.3 Å². The molecule has 0 spiro atoms. The van der Waals surface area contributed by atoms with Crippen LogP contribution < -0.4 is 10.6 Å². The second-order valence-corrected chi connectivity index (χ2v) is 13.6. The van der Waals surface area contributed by atoms with Gasteiger partial charge in [-0.15, -0.1) is 0 Å². The standard InChI is InChI=1S/C40H37BrN4O5/c41-37-31-25-30(43-40(49)33-14-8-22-45(33)36(47)24-27-11-5-2-6-12-27)19-20-34(31)50-38(37)28-15-17-29(18-16-28)42-39(48)32-13-7-21-44(32)35(46)23-26-9-3-1-4-10-26/h1-6,9-12,15-20,25,32-33H,7-8,13-14,21-24H2,(H,42,48)(H,43,49)/t32?,33-/m0/s1. The minimum Gasteiger partial charge on any atom is -0.455 e. The van der Waals surface area contributed by atoms with Crippen molar-refractivity contribution < 1.29 is 23.6 Å². The quantitative estimate of drug-likeness (QED) is 0.166. The van der Waals surface area contributed by atoms with Gasteiger partial charge in [0, 0.05) is 35.4 Å². The maximum Gasteiger partial charge on any atom is 0.247 e. The van der Waals surface area contributed by atoms with Crippen LogP contribution in [0, 0.1) is 0 Å². The van der Waals surface area contributed by atoms with Crippen LogP contribution in [0.4, 0.5) is 11.4 Å². The molecule has 2 aliphatic rings. The summed E-state index contributed by atoms with van der Waals surface area (Å²) in [6.07, 6.45) is 3.36.